The monoisotopic (exact) mass is 277 g/mol. The van der Waals surface area contributed by atoms with Gasteiger partial charge in [-0.25, -0.2) is 0 Å². The lowest BCUT2D eigenvalue weighted by Gasteiger charge is -2.09. The van der Waals surface area contributed by atoms with E-state index in [0.29, 0.717) is 0 Å². The molecule has 21 heavy (non-hydrogen) atoms. The van der Waals surface area contributed by atoms with Crippen LogP contribution in [0.5, 0.6) is 0 Å². The van der Waals surface area contributed by atoms with Crippen molar-refractivity contribution < 1.29 is 0 Å². The zero-order chi connectivity index (χ0) is 14.7. The van der Waals surface area contributed by atoms with Gasteiger partial charge in [-0.1, -0.05) is 75.2 Å². The molecule has 1 aromatic heterocycles. The first-order valence-corrected chi connectivity index (χ1v) is 7.99. The largest absolute Gasteiger partial charge is 0.340 e. The van der Waals surface area contributed by atoms with Gasteiger partial charge in [-0.05, 0) is 18.1 Å². The Bertz CT molecular complexity index is 764. The molecule has 0 unspecified atom stereocenters. The molecule has 0 saturated carbocycles. The van der Waals surface area contributed by atoms with Crippen LogP contribution in [0.1, 0.15) is 38.2 Å². The van der Waals surface area contributed by atoms with Gasteiger partial charge in [0, 0.05) is 22.8 Å². The van der Waals surface area contributed by atoms with E-state index in [1.165, 1.54) is 53.1 Å². The van der Waals surface area contributed by atoms with E-state index in [1.54, 1.807) is 0 Å². The van der Waals surface area contributed by atoms with Crippen LogP contribution in [0.15, 0.2) is 49.0 Å². The van der Waals surface area contributed by atoms with Crippen LogP contribution >= 0.6 is 0 Å². The van der Waals surface area contributed by atoms with E-state index in [0.717, 1.165) is 6.54 Å². The first kappa shape index (κ1) is 13.9. The normalized spacial score (nSPS) is 11.3. The maximum absolute atomic E-state index is 3.99. The minimum atomic E-state index is 1.09. The lowest BCUT2D eigenvalue weighted by Crippen LogP contribution is -1.98. The third-order valence-electron chi connectivity index (χ3n) is 4.28. The summed E-state index contributed by atoms with van der Waals surface area (Å²) < 4.78 is 2.48. The molecule has 3 aromatic rings. The summed E-state index contributed by atoms with van der Waals surface area (Å²) in [6, 6.07) is 15.3. The van der Waals surface area contributed by atoms with Crippen molar-refractivity contribution in [3.05, 3.63) is 54.6 Å². The van der Waals surface area contributed by atoms with Gasteiger partial charge in [0.25, 0.3) is 0 Å². The van der Waals surface area contributed by atoms with Gasteiger partial charge in [-0.3, -0.25) is 0 Å². The van der Waals surface area contributed by atoms with Gasteiger partial charge in [0.1, 0.15) is 0 Å². The fourth-order valence-electron chi connectivity index (χ4n) is 3.23. The van der Waals surface area contributed by atoms with Crippen LogP contribution in [-0.4, -0.2) is 4.57 Å². The smallest absolute Gasteiger partial charge is 0.0564 e. The Kier molecular flexibility index (Phi) is 4.10. The second kappa shape index (κ2) is 6.17. The standard InChI is InChI=1S/C20H23N/c1-3-5-6-9-15-21-19-14-8-7-12-17(19)18-13-10-11-16(4-2)20(18)21/h4,7-8,10-14H,2-3,5-6,9,15H2,1H3. The zero-order valence-corrected chi connectivity index (χ0v) is 12.8. The van der Waals surface area contributed by atoms with E-state index < -0.39 is 0 Å². The maximum Gasteiger partial charge on any atom is 0.0564 e. The van der Waals surface area contributed by atoms with Crippen molar-refractivity contribution >= 4 is 27.9 Å². The number of hydrogen-bond acceptors (Lipinski definition) is 0. The predicted octanol–water partition coefficient (Wildman–Crippen LogP) is 6.02. The lowest BCUT2D eigenvalue weighted by molar-refractivity contribution is 0.602. The van der Waals surface area contributed by atoms with Crippen molar-refractivity contribution in [3.8, 4) is 0 Å². The highest BCUT2D eigenvalue weighted by atomic mass is 15.0. The number of aromatic nitrogens is 1. The van der Waals surface area contributed by atoms with E-state index in [-0.39, 0.29) is 0 Å². The van der Waals surface area contributed by atoms with Crippen LogP contribution < -0.4 is 0 Å². The number of unbranched alkanes of at least 4 members (excludes halogenated alkanes) is 3. The molecule has 0 radical (unpaired) electrons. The first-order valence-electron chi connectivity index (χ1n) is 7.99. The van der Waals surface area contributed by atoms with Gasteiger partial charge in [0.15, 0.2) is 0 Å². The van der Waals surface area contributed by atoms with Gasteiger partial charge in [0.05, 0.1) is 5.52 Å². The van der Waals surface area contributed by atoms with Crippen LogP contribution in [0.2, 0.25) is 0 Å². The minimum absolute atomic E-state index is 1.09. The van der Waals surface area contributed by atoms with Gasteiger partial charge >= 0.3 is 0 Å². The molecule has 1 heterocycles. The molecular weight excluding hydrogens is 254 g/mol. The van der Waals surface area contributed by atoms with Crippen molar-refractivity contribution in [2.45, 2.75) is 39.2 Å². The van der Waals surface area contributed by atoms with Gasteiger partial charge < -0.3 is 4.57 Å². The van der Waals surface area contributed by atoms with Crippen molar-refractivity contribution in [2.75, 3.05) is 0 Å². The molecule has 0 aliphatic rings. The molecule has 2 aromatic carbocycles. The SMILES string of the molecule is C=Cc1cccc2c3ccccc3n(CCCCCC)c12. The number of fused-ring (bicyclic) bond motifs is 3. The Morgan fingerprint density at radius 2 is 1.76 bits per heavy atom. The third-order valence-corrected chi connectivity index (χ3v) is 4.28. The minimum Gasteiger partial charge on any atom is -0.340 e. The lowest BCUT2D eigenvalue weighted by atomic mass is 10.1. The molecule has 0 atom stereocenters. The molecule has 1 nitrogen and oxygen atoms in total. The number of hydrogen-bond donors (Lipinski definition) is 0. The topological polar surface area (TPSA) is 4.93 Å². The van der Waals surface area contributed by atoms with E-state index in [1.807, 2.05) is 6.08 Å². The van der Waals surface area contributed by atoms with E-state index in [9.17, 15) is 0 Å². The van der Waals surface area contributed by atoms with Crippen LogP contribution in [-0.2, 0) is 6.54 Å². The number of para-hydroxylation sites is 2. The third kappa shape index (κ3) is 2.49. The summed E-state index contributed by atoms with van der Waals surface area (Å²) in [6.07, 6.45) is 7.13. The summed E-state index contributed by atoms with van der Waals surface area (Å²) >= 11 is 0. The highest BCUT2D eigenvalue weighted by molar-refractivity contribution is 6.10. The quantitative estimate of drug-likeness (QED) is 0.486. The molecule has 0 amide bonds. The van der Waals surface area contributed by atoms with Crippen LogP contribution in [0.4, 0.5) is 0 Å². The van der Waals surface area contributed by atoms with Gasteiger partial charge in [0.2, 0.25) is 0 Å². The van der Waals surface area contributed by atoms with Crippen molar-refractivity contribution in [3.63, 3.8) is 0 Å². The van der Waals surface area contributed by atoms with Gasteiger partial charge in [-0.2, -0.15) is 0 Å². The molecule has 1 heteroatoms. The molecule has 0 saturated heterocycles. The number of aryl methyl sites for hydroxylation is 1. The molecule has 3 rings (SSSR count). The second-order valence-corrected chi connectivity index (χ2v) is 5.68. The van der Waals surface area contributed by atoms with Gasteiger partial charge in [-0.15, -0.1) is 0 Å². The fourth-order valence-corrected chi connectivity index (χ4v) is 3.23. The molecule has 108 valence electrons. The summed E-state index contributed by atoms with van der Waals surface area (Å²) in [5.41, 5.74) is 3.92. The summed E-state index contributed by atoms with van der Waals surface area (Å²) in [5, 5.41) is 2.70. The Labute approximate surface area is 126 Å². The van der Waals surface area contributed by atoms with E-state index in [4.69, 9.17) is 0 Å². The molecule has 0 spiro atoms. The summed E-state index contributed by atoms with van der Waals surface area (Å²) in [4.78, 5) is 0. The molecular formula is C20H23N. The van der Waals surface area contributed by atoms with E-state index in [2.05, 4.69) is 60.5 Å². The second-order valence-electron chi connectivity index (χ2n) is 5.68. The Morgan fingerprint density at radius 3 is 2.57 bits per heavy atom. The summed E-state index contributed by atoms with van der Waals surface area (Å²) in [7, 11) is 0. The van der Waals surface area contributed by atoms with Crippen LogP contribution in [0.3, 0.4) is 0 Å². The Morgan fingerprint density at radius 1 is 0.952 bits per heavy atom. The average Bonchev–Trinajstić information content (AvgIpc) is 2.86. The molecule has 0 aliphatic carbocycles. The van der Waals surface area contributed by atoms with Crippen molar-refractivity contribution in [2.24, 2.45) is 0 Å². The number of rotatable bonds is 6. The van der Waals surface area contributed by atoms with Crippen molar-refractivity contribution in [1.29, 1.82) is 0 Å². The molecule has 0 fully saturated rings. The van der Waals surface area contributed by atoms with Crippen molar-refractivity contribution in [1.82, 2.24) is 4.57 Å². The average molecular weight is 277 g/mol. The molecule has 0 N–H and O–H groups in total. The Hall–Kier alpha value is -2.02. The highest BCUT2D eigenvalue weighted by Gasteiger charge is 2.11. The number of nitrogens with zero attached hydrogens (tertiary/aromatic N) is 1. The van der Waals surface area contributed by atoms with Crippen LogP contribution in [0, 0.1) is 0 Å². The first-order chi connectivity index (χ1) is 10.4. The van der Waals surface area contributed by atoms with Crippen LogP contribution in [0.25, 0.3) is 27.9 Å². The zero-order valence-electron chi connectivity index (χ0n) is 12.8. The highest BCUT2D eigenvalue weighted by Crippen LogP contribution is 2.32. The molecule has 0 aliphatic heterocycles. The maximum atomic E-state index is 3.99. The predicted molar refractivity (Wildman–Crippen MR) is 93.7 cm³/mol. The summed E-state index contributed by atoms with van der Waals surface area (Å²) in [6.45, 7) is 7.34. The Balaban J connectivity index is 2.15. The van der Waals surface area contributed by atoms with E-state index >= 15 is 0 Å². The molecule has 0 bridgehead atoms. The number of benzene rings is 2. The summed E-state index contributed by atoms with van der Waals surface area (Å²) in [5.74, 6) is 0. The fraction of sp³-hybridized carbons (Fsp3) is 0.300.